The molecule has 0 radical (unpaired) electrons. The Bertz CT molecular complexity index is 1040. The number of aromatic amines is 1. The van der Waals surface area contributed by atoms with Crippen molar-refractivity contribution < 1.29 is 14.3 Å². The molecule has 150 valence electrons. The van der Waals surface area contributed by atoms with Crippen LogP contribution in [0.25, 0.3) is 11.3 Å². The number of benzene rings is 1. The van der Waals surface area contributed by atoms with Crippen LogP contribution in [0.2, 0.25) is 10.0 Å². The standard InChI is InChI=1S/C20H18Cl2N4O3/c1-28-15(29-2)10-26-19(11-4-3-7-23-9-11)16-17(24-25-18(16)20(26)27)13-6-5-12(21)8-14(13)22/h3-9,15,19H,10H2,1-2H3,(H,24,25). The Morgan fingerprint density at radius 2 is 2.03 bits per heavy atom. The highest BCUT2D eigenvalue weighted by molar-refractivity contribution is 6.36. The van der Waals surface area contributed by atoms with Crippen LogP contribution in [-0.2, 0) is 9.47 Å². The summed E-state index contributed by atoms with van der Waals surface area (Å²) in [5, 5.41) is 8.25. The van der Waals surface area contributed by atoms with Crippen LogP contribution in [0.3, 0.4) is 0 Å². The molecular weight excluding hydrogens is 415 g/mol. The number of nitrogens with zero attached hydrogens (tertiary/aromatic N) is 3. The van der Waals surface area contributed by atoms with Gasteiger partial charge in [-0.2, -0.15) is 5.10 Å². The first-order valence-corrected chi connectivity index (χ1v) is 9.61. The number of ether oxygens (including phenoxy) is 2. The number of aromatic nitrogens is 3. The summed E-state index contributed by atoms with van der Waals surface area (Å²) in [6.45, 7) is 0.238. The minimum Gasteiger partial charge on any atom is -0.354 e. The summed E-state index contributed by atoms with van der Waals surface area (Å²) in [7, 11) is 3.07. The van der Waals surface area contributed by atoms with Crippen molar-refractivity contribution >= 4 is 29.1 Å². The van der Waals surface area contributed by atoms with Crippen LogP contribution in [0.5, 0.6) is 0 Å². The first-order chi connectivity index (χ1) is 14.0. The maximum atomic E-state index is 13.2. The van der Waals surface area contributed by atoms with E-state index in [2.05, 4.69) is 15.2 Å². The van der Waals surface area contributed by atoms with Gasteiger partial charge in [0.2, 0.25) is 0 Å². The number of carbonyl (C=O) groups excluding carboxylic acids is 1. The summed E-state index contributed by atoms with van der Waals surface area (Å²) in [5.41, 5.74) is 3.27. The van der Waals surface area contributed by atoms with E-state index in [9.17, 15) is 4.79 Å². The normalized spacial score (nSPS) is 16.0. The Balaban J connectivity index is 1.86. The van der Waals surface area contributed by atoms with Crippen LogP contribution in [0.1, 0.15) is 27.7 Å². The molecule has 2 aromatic heterocycles. The maximum Gasteiger partial charge on any atom is 0.273 e. The minimum atomic E-state index is -0.572. The molecule has 1 aromatic carbocycles. The van der Waals surface area contributed by atoms with E-state index in [0.717, 1.165) is 11.1 Å². The summed E-state index contributed by atoms with van der Waals surface area (Å²) >= 11 is 12.5. The number of nitrogens with one attached hydrogen (secondary N) is 1. The summed E-state index contributed by atoms with van der Waals surface area (Å²) in [5.74, 6) is -0.197. The highest BCUT2D eigenvalue weighted by atomic mass is 35.5. The number of amides is 1. The number of H-pyrrole nitrogens is 1. The molecule has 0 saturated carbocycles. The Hall–Kier alpha value is -2.45. The lowest BCUT2D eigenvalue weighted by Gasteiger charge is -2.28. The van der Waals surface area contributed by atoms with Crippen LogP contribution in [0.15, 0.2) is 42.7 Å². The maximum absolute atomic E-state index is 13.2. The summed E-state index contributed by atoms with van der Waals surface area (Å²) < 4.78 is 10.6. The number of hydrogen-bond donors (Lipinski definition) is 1. The van der Waals surface area contributed by atoms with Crippen LogP contribution < -0.4 is 0 Å². The lowest BCUT2D eigenvalue weighted by Crippen LogP contribution is -2.38. The molecule has 3 aromatic rings. The van der Waals surface area contributed by atoms with E-state index < -0.39 is 12.3 Å². The van der Waals surface area contributed by atoms with E-state index >= 15 is 0 Å². The molecule has 3 heterocycles. The van der Waals surface area contributed by atoms with Gasteiger partial charge in [0, 0.05) is 42.8 Å². The number of carbonyl (C=O) groups is 1. The van der Waals surface area contributed by atoms with Gasteiger partial charge in [0.1, 0.15) is 11.4 Å². The molecule has 1 unspecified atom stereocenters. The van der Waals surface area contributed by atoms with Crippen molar-refractivity contribution in [2.75, 3.05) is 20.8 Å². The Morgan fingerprint density at radius 1 is 1.24 bits per heavy atom. The van der Waals surface area contributed by atoms with E-state index in [1.165, 1.54) is 14.2 Å². The Kier molecular flexibility index (Phi) is 5.56. The first kappa shape index (κ1) is 19.8. The van der Waals surface area contributed by atoms with Crippen LogP contribution in [0.4, 0.5) is 0 Å². The fourth-order valence-corrected chi connectivity index (χ4v) is 4.06. The summed E-state index contributed by atoms with van der Waals surface area (Å²) in [6, 6.07) is 8.51. The minimum absolute atomic E-state index is 0.197. The fraction of sp³-hybridized carbons (Fsp3) is 0.250. The number of halogens is 2. The van der Waals surface area contributed by atoms with Gasteiger partial charge in [-0.25, -0.2) is 0 Å². The average Bonchev–Trinajstić information content (AvgIpc) is 3.26. The summed E-state index contributed by atoms with van der Waals surface area (Å²) in [4.78, 5) is 19.1. The van der Waals surface area contributed by atoms with E-state index in [1.54, 1.807) is 35.5 Å². The lowest BCUT2D eigenvalue weighted by atomic mass is 9.97. The third kappa shape index (κ3) is 3.51. The highest BCUT2D eigenvalue weighted by Gasteiger charge is 2.43. The van der Waals surface area contributed by atoms with Gasteiger partial charge in [0.15, 0.2) is 6.29 Å². The third-order valence-electron chi connectivity index (χ3n) is 4.92. The number of rotatable bonds is 6. The molecule has 0 saturated heterocycles. The van der Waals surface area contributed by atoms with Gasteiger partial charge < -0.3 is 14.4 Å². The number of methoxy groups -OCH3 is 2. The average molecular weight is 433 g/mol. The molecule has 1 aliphatic heterocycles. The van der Waals surface area contributed by atoms with Crippen molar-refractivity contribution in [3.63, 3.8) is 0 Å². The third-order valence-corrected chi connectivity index (χ3v) is 5.47. The zero-order chi connectivity index (χ0) is 20.5. The molecule has 1 aliphatic rings. The molecule has 1 amide bonds. The van der Waals surface area contributed by atoms with E-state index in [4.69, 9.17) is 32.7 Å². The molecule has 7 nitrogen and oxygen atoms in total. The van der Waals surface area contributed by atoms with E-state index in [0.29, 0.717) is 27.0 Å². The van der Waals surface area contributed by atoms with Gasteiger partial charge in [-0.15, -0.1) is 0 Å². The van der Waals surface area contributed by atoms with Crippen molar-refractivity contribution in [3.05, 3.63) is 69.6 Å². The van der Waals surface area contributed by atoms with Crippen molar-refractivity contribution in [1.29, 1.82) is 0 Å². The molecule has 0 spiro atoms. The number of pyridine rings is 1. The second-order valence-electron chi connectivity index (χ2n) is 6.53. The topological polar surface area (TPSA) is 80.3 Å². The number of fused-ring (bicyclic) bond motifs is 1. The van der Waals surface area contributed by atoms with Gasteiger partial charge in [-0.1, -0.05) is 29.3 Å². The van der Waals surface area contributed by atoms with Crippen molar-refractivity contribution in [2.45, 2.75) is 12.3 Å². The number of hydrogen-bond acceptors (Lipinski definition) is 5. The molecule has 0 bridgehead atoms. The lowest BCUT2D eigenvalue weighted by molar-refractivity contribution is -0.113. The van der Waals surface area contributed by atoms with Crippen molar-refractivity contribution in [1.82, 2.24) is 20.1 Å². The van der Waals surface area contributed by atoms with E-state index in [-0.39, 0.29) is 12.5 Å². The fourth-order valence-electron chi connectivity index (χ4n) is 3.56. The zero-order valence-electron chi connectivity index (χ0n) is 15.7. The summed E-state index contributed by atoms with van der Waals surface area (Å²) in [6.07, 6.45) is 2.84. The Morgan fingerprint density at radius 3 is 2.69 bits per heavy atom. The quantitative estimate of drug-likeness (QED) is 0.596. The largest absolute Gasteiger partial charge is 0.354 e. The van der Waals surface area contributed by atoms with Gasteiger partial charge in [0.05, 0.1) is 17.6 Å². The molecule has 9 heteroatoms. The van der Waals surface area contributed by atoms with Gasteiger partial charge in [-0.05, 0) is 29.8 Å². The predicted octanol–water partition coefficient (Wildman–Crippen LogP) is 3.94. The van der Waals surface area contributed by atoms with Crippen LogP contribution >= 0.6 is 23.2 Å². The SMILES string of the molecule is COC(CN1C(=O)c2[nH]nc(-c3ccc(Cl)cc3Cl)c2C1c1cccnc1)OC. The smallest absolute Gasteiger partial charge is 0.273 e. The molecule has 29 heavy (non-hydrogen) atoms. The molecule has 1 atom stereocenters. The molecule has 0 aliphatic carbocycles. The van der Waals surface area contributed by atoms with Crippen LogP contribution in [0, 0.1) is 0 Å². The second-order valence-corrected chi connectivity index (χ2v) is 7.38. The molecular formula is C20H18Cl2N4O3. The zero-order valence-corrected chi connectivity index (χ0v) is 17.2. The van der Waals surface area contributed by atoms with E-state index in [1.807, 2.05) is 12.1 Å². The van der Waals surface area contributed by atoms with Crippen molar-refractivity contribution in [2.24, 2.45) is 0 Å². The molecule has 1 N–H and O–H groups in total. The monoisotopic (exact) mass is 432 g/mol. The van der Waals surface area contributed by atoms with Gasteiger partial charge in [-0.3, -0.25) is 14.9 Å². The molecule has 0 fully saturated rings. The van der Waals surface area contributed by atoms with Crippen molar-refractivity contribution in [3.8, 4) is 11.3 Å². The Labute approximate surface area is 177 Å². The first-order valence-electron chi connectivity index (χ1n) is 8.85. The molecule has 4 rings (SSSR count). The highest BCUT2D eigenvalue weighted by Crippen LogP contribution is 2.44. The van der Waals surface area contributed by atoms with Gasteiger partial charge in [0.25, 0.3) is 5.91 Å². The predicted molar refractivity (Wildman–Crippen MR) is 109 cm³/mol. The second kappa shape index (κ2) is 8.12. The van der Waals surface area contributed by atoms with Gasteiger partial charge >= 0.3 is 0 Å². The van der Waals surface area contributed by atoms with Crippen LogP contribution in [-0.4, -0.2) is 53.0 Å².